The average molecular weight is 257 g/mol. The number of carbonyl (C=O) groups excluding carboxylic acids is 1. The van der Waals surface area contributed by atoms with Crippen molar-refractivity contribution in [1.82, 2.24) is 30.9 Å². The van der Waals surface area contributed by atoms with Crippen molar-refractivity contribution in [2.45, 2.75) is 6.54 Å². The Balaban J connectivity index is 2.02. The number of tetrazole rings is 1. The third-order valence-electron chi connectivity index (χ3n) is 2.13. The quantitative estimate of drug-likeness (QED) is 0.596. The molecule has 8 heteroatoms. The Kier molecular flexibility index (Phi) is 4.15. The molecule has 96 valence electrons. The van der Waals surface area contributed by atoms with Crippen molar-refractivity contribution < 1.29 is 4.79 Å². The summed E-state index contributed by atoms with van der Waals surface area (Å²) in [6, 6.07) is 1.64. The third-order valence-corrected chi connectivity index (χ3v) is 2.13. The molecular weight excluding hydrogens is 246 g/mol. The first-order valence-corrected chi connectivity index (χ1v) is 5.44. The van der Waals surface area contributed by atoms with Crippen LogP contribution >= 0.6 is 0 Å². The second kappa shape index (κ2) is 6.23. The molecule has 8 nitrogen and oxygen atoms in total. The topological polar surface area (TPSA) is 122 Å². The molecular formula is C11H11N7O. The van der Waals surface area contributed by atoms with Crippen molar-refractivity contribution in [2.24, 2.45) is 5.73 Å². The number of rotatable bonds is 3. The molecule has 0 radical (unpaired) electrons. The summed E-state index contributed by atoms with van der Waals surface area (Å²) < 4.78 is 0. The largest absolute Gasteiger partial charge is 0.345 e. The zero-order valence-corrected chi connectivity index (χ0v) is 9.92. The molecule has 2 aromatic rings. The average Bonchev–Trinajstić information content (AvgIpc) is 2.96. The number of aromatic amines is 1. The molecule has 19 heavy (non-hydrogen) atoms. The van der Waals surface area contributed by atoms with Gasteiger partial charge in [-0.05, 0) is 6.07 Å². The van der Waals surface area contributed by atoms with Crippen molar-refractivity contribution in [1.29, 1.82) is 0 Å². The molecule has 0 saturated carbocycles. The summed E-state index contributed by atoms with van der Waals surface area (Å²) in [5.41, 5.74) is 6.33. The fraction of sp³-hybridized carbons (Fsp3) is 0.182. The van der Waals surface area contributed by atoms with E-state index in [-0.39, 0.29) is 19.0 Å². The van der Waals surface area contributed by atoms with Crippen molar-refractivity contribution in [3.8, 4) is 11.8 Å². The number of hydrogen-bond acceptors (Lipinski definition) is 6. The van der Waals surface area contributed by atoms with E-state index in [0.29, 0.717) is 17.0 Å². The van der Waals surface area contributed by atoms with Crippen molar-refractivity contribution >= 4 is 5.91 Å². The van der Waals surface area contributed by atoms with E-state index in [2.05, 4.69) is 42.8 Å². The van der Waals surface area contributed by atoms with E-state index in [9.17, 15) is 4.79 Å². The summed E-state index contributed by atoms with van der Waals surface area (Å²) in [6.07, 6.45) is 3.03. The van der Waals surface area contributed by atoms with Gasteiger partial charge >= 0.3 is 0 Å². The van der Waals surface area contributed by atoms with Crippen LogP contribution in [-0.2, 0) is 6.54 Å². The highest BCUT2D eigenvalue weighted by molar-refractivity contribution is 5.94. The lowest BCUT2D eigenvalue weighted by Crippen LogP contribution is -2.23. The van der Waals surface area contributed by atoms with E-state index in [1.165, 1.54) is 6.20 Å². The number of pyridine rings is 1. The van der Waals surface area contributed by atoms with Crippen LogP contribution in [0.2, 0.25) is 0 Å². The number of H-pyrrole nitrogens is 1. The van der Waals surface area contributed by atoms with Gasteiger partial charge in [0.1, 0.15) is 0 Å². The fourth-order valence-corrected chi connectivity index (χ4v) is 1.30. The van der Waals surface area contributed by atoms with Gasteiger partial charge in [-0.2, -0.15) is 5.21 Å². The summed E-state index contributed by atoms with van der Waals surface area (Å²) in [6.45, 7) is 0.447. The molecule has 2 heterocycles. The molecule has 0 fully saturated rings. The van der Waals surface area contributed by atoms with E-state index in [0.717, 1.165) is 0 Å². The van der Waals surface area contributed by atoms with Crippen LogP contribution in [0.15, 0.2) is 18.5 Å². The van der Waals surface area contributed by atoms with Gasteiger partial charge in [-0.3, -0.25) is 9.78 Å². The van der Waals surface area contributed by atoms with Gasteiger partial charge < -0.3 is 11.1 Å². The van der Waals surface area contributed by atoms with Crippen molar-refractivity contribution in [3.05, 3.63) is 35.4 Å². The fourth-order valence-electron chi connectivity index (χ4n) is 1.30. The second-order valence-electron chi connectivity index (χ2n) is 3.48. The van der Waals surface area contributed by atoms with Crippen LogP contribution in [-0.4, -0.2) is 38.1 Å². The highest BCUT2D eigenvalue weighted by atomic mass is 16.1. The lowest BCUT2D eigenvalue weighted by molar-refractivity contribution is 0.0949. The summed E-state index contributed by atoms with van der Waals surface area (Å²) >= 11 is 0. The smallest absolute Gasteiger partial charge is 0.253 e. The Bertz CT molecular complexity index is 611. The normalized spacial score (nSPS) is 9.53. The minimum atomic E-state index is -0.284. The number of hydrogen-bond donors (Lipinski definition) is 3. The molecule has 2 aromatic heterocycles. The van der Waals surface area contributed by atoms with E-state index in [1.807, 2.05) is 0 Å². The number of amides is 1. The van der Waals surface area contributed by atoms with Crippen LogP contribution in [0.25, 0.3) is 0 Å². The van der Waals surface area contributed by atoms with Crippen molar-refractivity contribution in [2.75, 3.05) is 6.54 Å². The van der Waals surface area contributed by atoms with Crippen LogP contribution in [0.1, 0.15) is 21.7 Å². The van der Waals surface area contributed by atoms with Crippen LogP contribution in [0.4, 0.5) is 0 Å². The van der Waals surface area contributed by atoms with E-state index in [1.54, 1.807) is 12.3 Å². The molecule has 0 aromatic carbocycles. The van der Waals surface area contributed by atoms with Gasteiger partial charge in [0.15, 0.2) is 5.82 Å². The lowest BCUT2D eigenvalue weighted by Gasteiger charge is -2.02. The van der Waals surface area contributed by atoms with Crippen LogP contribution < -0.4 is 11.1 Å². The molecule has 0 saturated heterocycles. The van der Waals surface area contributed by atoms with E-state index >= 15 is 0 Å². The zero-order valence-electron chi connectivity index (χ0n) is 9.92. The minimum absolute atomic E-state index is 0.189. The Labute approximate surface area is 108 Å². The molecule has 0 aliphatic rings. The van der Waals surface area contributed by atoms with Gasteiger partial charge in [0.25, 0.3) is 5.91 Å². The Morgan fingerprint density at radius 2 is 2.37 bits per heavy atom. The molecule has 0 spiro atoms. The van der Waals surface area contributed by atoms with Crippen LogP contribution in [0, 0.1) is 11.8 Å². The highest BCUT2D eigenvalue weighted by Crippen LogP contribution is 2.01. The molecule has 0 atom stereocenters. The van der Waals surface area contributed by atoms with Gasteiger partial charge in [0.05, 0.1) is 18.7 Å². The van der Waals surface area contributed by atoms with Gasteiger partial charge in [-0.1, -0.05) is 17.1 Å². The SMILES string of the molecule is NCC#Cc1cncc(C(=O)NCc2nn[nH]n2)c1. The van der Waals surface area contributed by atoms with Gasteiger partial charge in [0.2, 0.25) is 0 Å². The first-order chi connectivity index (χ1) is 9.29. The third kappa shape index (κ3) is 3.58. The molecule has 0 unspecified atom stereocenters. The molecule has 0 aliphatic carbocycles. The first-order valence-electron chi connectivity index (χ1n) is 5.44. The predicted octanol–water partition coefficient (Wildman–Crippen LogP) is -1.17. The molecule has 2 rings (SSSR count). The standard InChI is InChI=1S/C11H11N7O/c12-3-1-2-8-4-9(6-13-5-8)11(19)14-7-10-15-17-18-16-10/h4-6H,3,7,12H2,(H,14,19)(H,15,16,17,18). The van der Waals surface area contributed by atoms with Crippen molar-refractivity contribution in [3.63, 3.8) is 0 Å². The molecule has 0 bridgehead atoms. The monoisotopic (exact) mass is 257 g/mol. The first kappa shape index (κ1) is 12.7. The summed E-state index contributed by atoms with van der Waals surface area (Å²) in [5, 5.41) is 15.8. The van der Waals surface area contributed by atoms with Crippen LogP contribution in [0.5, 0.6) is 0 Å². The Morgan fingerprint density at radius 3 is 3.11 bits per heavy atom. The Morgan fingerprint density at radius 1 is 1.47 bits per heavy atom. The maximum absolute atomic E-state index is 11.9. The van der Waals surface area contributed by atoms with Gasteiger partial charge in [0, 0.05) is 18.0 Å². The Hall–Kier alpha value is -2.79. The minimum Gasteiger partial charge on any atom is -0.345 e. The lowest BCUT2D eigenvalue weighted by atomic mass is 10.2. The number of nitrogens with zero attached hydrogens (tertiary/aromatic N) is 4. The zero-order chi connectivity index (χ0) is 13.5. The van der Waals surface area contributed by atoms with Gasteiger partial charge in [-0.15, -0.1) is 10.2 Å². The van der Waals surface area contributed by atoms with E-state index < -0.39 is 0 Å². The molecule has 0 aliphatic heterocycles. The number of aromatic nitrogens is 5. The summed E-state index contributed by atoms with van der Waals surface area (Å²) in [7, 11) is 0. The molecule has 4 N–H and O–H groups in total. The number of carbonyl (C=O) groups is 1. The number of nitrogens with one attached hydrogen (secondary N) is 2. The molecule has 1 amide bonds. The predicted molar refractivity (Wildman–Crippen MR) is 65.5 cm³/mol. The van der Waals surface area contributed by atoms with Crippen LogP contribution in [0.3, 0.4) is 0 Å². The summed E-state index contributed by atoms with van der Waals surface area (Å²) in [4.78, 5) is 15.8. The maximum atomic E-state index is 11.9. The second-order valence-corrected chi connectivity index (χ2v) is 3.48. The van der Waals surface area contributed by atoms with E-state index in [4.69, 9.17) is 5.73 Å². The summed E-state index contributed by atoms with van der Waals surface area (Å²) in [5.74, 6) is 5.63. The maximum Gasteiger partial charge on any atom is 0.253 e. The highest BCUT2D eigenvalue weighted by Gasteiger charge is 2.07. The number of nitrogens with two attached hydrogens (primary N) is 1. The van der Waals surface area contributed by atoms with Gasteiger partial charge in [-0.25, -0.2) is 0 Å².